The van der Waals surface area contributed by atoms with Gasteiger partial charge in [-0.25, -0.2) is 0 Å². The molecule has 1 heterocycles. The van der Waals surface area contributed by atoms with Crippen molar-refractivity contribution < 1.29 is 4.74 Å². The van der Waals surface area contributed by atoms with Crippen molar-refractivity contribution in [3.05, 3.63) is 23.2 Å². The molecule has 0 aromatic heterocycles. The Morgan fingerprint density at radius 1 is 1.40 bits per heavy atom. The van der Waals surface area contributed by atoms with E-state index in [4.69, 9.17) is 16.3 Å². The number of hydrogen-bond acceptors (Lipinski definition) is 2. The fourth-order valence-electron chi connectivity index (χ4n) is 1.90. The first-order chi connectivity index (χ1) is 7.19. The summed E-state index contributed by atoms with van der Waals surface area (Å²) in [6, 6.07) is 5.71. The van der Waals surface area contributed by atoms with Gasteiger partial charge in [-0.15, -0.1) is 0 Å². The summed E-state index contributed by atoms with van der Waals surface area (Å²) in [4.78, 5) is 0. The molecule has 0 bridgehead atoms. The van der Waals surface area contributed by atoms with Gasteiger partial charge in [-0.3, -0.25) is 0 Å². The summed E-state index contributed by atoms with van der Waals surface area (Å²) in [6.07, 6.45) is 2.02. The SMILES string of the molecule is CCC1(CC)CNc2cc(Cl)ccc2O1. The Morgan fingerprint density at radius 3 is 2.80 bits per heavy atom. The number of nitrogens with one attached hydrogen (secondary N) is 1. The van der Waals surface area contributed by atoms with Gasteiger partial charge >= 0.3 is 0 Å². The Bertz CT molecular complexity index is 361. The molecule has 15 heavy (non-hydrogen) atoms. The van der Waals surface area contributed by atoms with E-state index in [9.17, 15) is 0 Å². The van der Waals surface area contributed by atoms with Gasteiger partial charge in [-0.05, 0) is 31.0 Å². The van der Waals surface area contributed by atoms with E-state index < -0.39 is 0 Å². The van der Waals surface area contributed by atoms with Gasteiger partial charge in [0, 0.05) is 5.02 Å². The Labute approximate surface area is 95.6 Å². The van der Waals surface area contributed by atoms with Crippen molar-refractivity contribution >= 4 is 17.3 Å². The monoisotopic (exact) mass is 225 g/mol. The number of fused-ring (bicyclic) bond motifs is 1. The molecule has 2 nitrogen and oxygen atoms in total. The van der Waals surface area contributed by atoms with Gasteiger partial charge in [0.2, 0.25) is 0 Å². The predicted molar refractivity (Wildman–Crippen MR) is 63.9 cm³/mol. The molecule has 0 aliphatic carbocycles. The topological polar surface area (TPSA) is 21.3 Å². The smallest absolute Gasteiger partial charge is 0.143 e. The van der Waals surface area contributed by atoms with E-state index in [1.165, 1.54) is 0 Å². The van der Waals surface area contributed by atoms with Crippen molar-refractivity contribution in [1.82, 2.24) is 0 Å². The number of anilines is 1. The molecule has 0 saturated carbocycles. The second-order valence-corrected chi connectivity index (χ2v) is 4.42. The Hall–Kier alpha value is -0.890. The second kappa shape index (κ2) is 3.93. The van der Waals surface area contributed by atoms with Crippen molar-refractivity contribution in [1.29, 1.82) is 0 Å². The van der Waals surface area contributed by atoms with Gasteiger partial charge in [-0.2, -0.15) is 0 Å². The van der Waals surface area contributed by atoms with E-state index in [2.05, 4.69) is 19.2 Å². The van der Waals surface area contributed by atoms with Gasteiger partial charge in [0.15, 0.2) is 0 Å². The van der Waals surface area contributed by atoms with Crippen molar-refractivity contribution in [2.45, 2.75) is 32.3 Å². The molecule has 0 amide bonds. The number of halogens is 1. The molecule has 1 aliphatic heterocycles. The zero-order chi connectivity index (χ0) is 10.9. The highest BCUT2D eigenvalue weighted by Crippen LogP contribution is 2.37. The van der Waals surface area contributed by atoms with Crippen molar-refractivity contribution in [3.63, 3.8) is 0 Å². The van der Waals surface area contributed by atoms with Crippen molar-refractivity contribution in [2.75, 3.05) is 11.9 Å². The zero-order valence-electron chi connectivity index (χ0n) is 9.14. The fourth-order valence-corrected chi connectivity index (χ4v) is 2.07. The normalized spacial score (nSPS) is 17.5. The molecule has 1 aliphatic rings. The first kappa shape index (κ1) is 10.6. The third-order valence-corrected chi connectivity index (χ3v) is 3.39. The van der Waals surface area contributed by atoms with Gasteiger partial charge in [0.25, 0.3) is 0 Å². The highest BCUT2D eigenvalue weighted by Gasteiger charge is 2.32. The van der Waals surface area contributed by atoms with Gasteiger partial charge in [-0.1, -0.05) is 25.4 Å². The number of hydrogen-bond donors (Lipinski definition) is 1. The lowest BCUT2D eigenvalue weighted by Crippen LogP contribution is -2.44. The molecule has 3 heteroatoms. The van der Waals surface area contributed by atoms with E-state index in [1.807, 2.05) is 18.2 Å². The zero-order valence-corrected chi connectivity index (χ0v) is 9.90. The molecule has 0 radical (unpaired) electrons. The highest BCUT2D eigenvalue weighted by atomic mass is 35.5. The molecule has 0 unspecified atom stereocenters. The van der Waals surface area contributed by atoms with E-state index in [-0.39, 0.29) is 5.60 Å². The van der Waals surface area contributed by atoms with Crippen molar-refractivity contribution in [2.24, 2.45) is 0 Å². The average Bonchev–Trinajstić information content (AvgIpc) is 2.28. The Balaban J connectivity index is 2.30. The molecule has 1 N–H and O–H groups in total. The van der Waals surface area contributed by atoms with Crippen LogP contribution in [0.1, 0.15) is 26.7 Å². The van der Waals surface area contributed by atoms with Crippen LogP contribution < -0.4 is 10.1 Å². The van der Waals surface area contributed by atoms with Crippen LogP contribution in [0.5, 0.6) is 5.75 Å². The predicted octanol–water partition coefficient (Wildman–Crippen LogP) is 3.70. The number of ether oxygens (including phenoxy) is 1. The van der Waals surface area contributed by atoms with Crippen molar-refractivity contribution in [3.8, 4) is 5.75 Å². The van der Waals surface area contributed by atoms with E-state index in [0.717, 1.165) is 35.8 Å². The van der Waals surface area contributed by atoms with Crippen LogP contribution in [-0.4, -0.2) is 12.1 Å². The van der Waals surface area contributed by atoms with Crippen LogP contribution in [0.25, 0.3) is 0 Å². The van der Waals surface area contributed by atoms with Crippen LogP contribution in [-0.2, 0) is 0 Å². The molecule has 1 aromatic carbocycles. The maximum atomic E-state index is 6.05. The van der Waals surface area contributed by atoms with Crippen LogP contribution in [0.2, 0.25) is 5.02 Å². The minimum absolute atomic E-state index is 0.0547. The van der Waals surface area contributed by atoms with Gasteiger partial charge in [0.1, 0.15) is 11.4 Å². The van der Waals surface area contributed by atoms with Gasteiger partial charge < -0.3 is 10.1 Å². The van der Waals surface area contributed by atoms with Crippen LogP contribution >= 0.6 is 11.6 Å². The first-order valence-corrected chi connectivity index (χ1v) is 5.79. The molecule has 2 rings (SSSR count). The minimum atomic E-state index is -0.0547. The lowest BCUT2D eigenvalue weighted by atomic mass is 9.95. The molecule has 1 aromatic rings. The number of rotatable bonds is 2. The summed E-state index contributed by atoms with van der Waals surface area (Å²) in [5.74, 6) is 0.911. The van der Waals surface area contributed by atoms with Crippen LogP contribution in [0.3, 0.4) is 0 Å². The Kier molecular flexibility index (Phi) is 2.79. The molecule has 0 saturated heterocycles. The maximum absolute atomic E-state index is 6.05. The van der Waals surface area contributed by atoms with Crippen LogP contribution in [0, 0.1) is 0 Å². The summed E-state index contributed by atoms with van der Waals surface area (Å²) in [5, 5.41) is 4.13. The second-order valence-electron chi connectivity index (χ2n) is 3.99. The summed E-state index contributed by atoms with van der Waals surface area (Å²) in [6.45, 7) is 5.17. The molecule has 0 spiro atoms. The molecule has 0 atom stereocenters. The van der Waals surface area contributed by atoms with Gasteiger partial charge in [0.05, 0.1) is 12.2 Å². The molecular weight excluding hydrogens is 210 g/mol. The first-order valence-electron chi connectivity index (χ1n) is 5.41. The largest absolute Gasteiger partial charge is 0.483 e. The van der Waals surface area contributed by atoms with Crippen LogP contribution in [0.15, 0.2) is 18.2 Å². The number of benzene rings is 1. The standard InChI is InChI=1S/C12H16ClNO/c1-3-12(4-2)8-14-10-7-9(13)5-6-11(10)15-12/h5-7,14H,3-4,8H2,1-2H3. The highest BCUT2D eigenvalue weighted by molar-refractivity contribution is 6.30. The van der Waals surface area contributed by atoms with Crippen LogP contribution in [0.4, 0.5) is 5.69 Å². The summed E-state index contributed by atoms with van der Waals surface area (Å²) < 4.78 is 6.05. The maximum Gasteiger partial charge on any atom is 0.143 e. The lowest BCUT2D eigenvalue weighted by Gasteiger charge is -2.38. The Morgan fingerprint density at radius 2 is 2.13 bits per heavy atom. The van der Waals surface area contributed by atoms with E-state index in [1.54, 1.807) is 0 Å². The minimum Gasteiger partial charge on any atom is -0.483 e. The van der Waals surface area contributed by atoms with E-state index in [0.29, 0.717) is 0 Å². The molecule has 82 valence electrons. The lowest BCUT2D eigenvalue weighted by molar-refractivity contribution is 0.0671. The third-order valence-electron chi connectivity index (χ3n) is 3.16. The third kappa shape index (κ3) is 1.91. The van der Waals surface area contributed by atoms with E-state index >= 15 is 0 Å². The summed E-state index contributed by atoms with van der Waals surface area (Å²) >= 11 is 5.92. The molecule has 0 fully saturated rings. The fraction of sp³-hybridized carbons (Fsp3) is 0.500. The quantitative estimate of drug-likeness (QED) is 0.829. The average molecular weight is 226 g/mol. The summed E-state index contributed by atoms with van der Waals surface area (Å²) in [5.41, 5.74) is 0.945. The molecular formula is C12H16ClNO. The summed E-state index contributed by atoms with van der Waals surface area (Å²) in [7, 11) is 0.